The molecule has 0 radical (unpaired) electrons. The van der Waals surface area contributed by atoms with Crippen LogP contribution in [0, 0.1) is 5.82 Å². The third kappa shape index (κ3) is 2.26. The van der Waals surface area contributed by atoms with E-state index in [9.17, 15) is 9.18 Å². The number of rotatable bonds is 2. The highest BCUT2D eigenvalue weighted by molar-refractivity contribution is 6.65. The van der Waals surface area contributed by atoms with Crippen LogP contribution in [-0.2, 0) is 19.7 Å². The van der Waals surface area contributed by atoms with Crippen molar-refractivity contribution in [3.05, 3.63) is 35.6 Å². The van der Waals surface area contributed by atoms with Crippen molar-refractivity contribution in [3.63, 3.8) is 0 Å². The second-order valence-corrected chi connectivity index (χ2v) is 5.81. The number of carbonyl (C=O) groups is 1. The van der Waals surface area contributed by atoms with Gasteiger partial charge in [0.1, 0.15) is 5.82 Å². The molecule has 5 heteroatoms. The van der Waals surface area contributed by atoms with E-state index in [1.165, 1.54) is 12.1 Å². The molecule has 3 nitrogen and oxygen atoms in total. The molecule has 1 aliphatic heterocycles. The first-order valence-electron chi connectivity index (χ1n) is 6.80. The van der Waals surface area contributed by atoms with Gasteiger partial charge in [-0.25, -0.2) is 4.39 Å². The van der Waals surface area contributed by atoms with E-state index in [0.717, 1.165) is 5.56 Å². The summed E-state index contributed by atoms with van der Waals surface area (Å²) in [5.74, 6) is -0.865. The molecule has 0 N–H and O–H groups in total. The van der Waals surface area contributed by atoms with Crippen molar-refractivity contribution in [1.29, 1.82) is 0 Å². The summed E-state index contributed by atoms with van der Waals surface area (Å²) in [6.45, 7) is 1.19. The minimum Gasteiger partial charge on any atom is -0.348 e. The highest BCUT2D eigenvalue weighted by atomic mass is 35.5. The normalized spacial score (nSPS) is 23.9. The zero-order chi connectivity index (χ0) is 14.2. The molecule has 1 spiro atoms. The first kappa shape index (κ1) is 14.0. The fourth-order valence-corrected chi connectivity index (χ4v) is 3.51. The highest BCUT2D eigenvalue weighted by Gasteiger charge is 2.50. The Labute approximate surface area is 122 Å². The van der Waals surface area contributed by atoms with E-state index >= 15 is 0 Å². The van der Waals surface area contributed by atoms with Crippen LogP contribution in [0.3, 0.4) is 0 Å². The largest absolute Gasteiger partial charge is 0.348 e. The molecule has 3 rings (SSSR count). The average molecular weight is 299 g/mol. The van der Waals surface area contributed by atoms with E-state index in [4.69, 9.17) is 21.1 Å². The SMILES string of the molecule is O=C(Cl)C1(c2ccc(F)cc2)CCC2(CC1)OCCO2. The van der Waals surface area contributed by atoms with Crippen LogP contribution in [0.1, 0.15) is 31.2 Å². The minimum atomic E-state index is -0.754. The quantitative estimate of drug-likeness (QED) is 0.787. The second kappa shape index (κ2) is 5.10. The maximum Gasteiger partial charge on any atom is 0.232 e. The summed E-state index contributed by atoms with van der Waals surface area (Å²) in [7, 11) is 0. The lowest BCUT2D eigenvalue weighted by atomic mass is 9.68. The van der Waals surface area contributed by atoms with E-state index < -0.39 is 16.4 Å². The molecule has 0 amide bonds. The number of hydrogen-bond donors (Lipinski definition) is 0. The van der Waals surface area contributed by atoms with Gasteiger partial charge in [0, 0.05) is 12.8 Å². The summed E-state index contributed by atoms with van der Waals surface area (Å²) in [5.41, 5.74) is 0.0160. The lowest BCUT2D eigenvalue weighted by Crippen LogP contribution is -2.45. The Morgan fingerprint density at radius 3 is 2.10 bits per heavy atom. The molecule has 1 saturated heterocycles. The summed E-state index contributed by atoms with van der Waals surface area (Å²) in [4.78, 5) is 12.0. The Morgan fingerprint density at radius 1 is 1.05 bits per heavy atom. The van der Waals surface area contributed by atoms with E-state index in [-0.39, 0.29) is 5.82 Å². The predicted molar refractivity (Wildman–Crippen MR) is 72.0 cm³/mol. The summed E-state index contributed by atoms with van der Waals surface area (Å²) >= 11 is 5.87. The van der Waals surface area contributed by atoms with Crippen molar-refractivity contribution in [2.24, 2.45) is 0 Å². The Hall–Kier alpha value is -0.970. The topological polar surface area (TPSA) is 35.5 Å². The molecule has 2 fully saturated rings. The molecule has 1 saturated carbocycles. The summed E-state index contributed by atoms with van der Waals surface area (Å²) in [6, 6.07) is 6.02. The van der Waals surface area contributed by atoms with E-state index in [2.05, 4.69) is 0 Å². The van der Waals surface area contributed by atoms with Gasteiger partial charge in [-0.05, 0) is 42.1 Å². The Bertz CT molecular complexity index is 498. The minimum absolute atomic E-state index is 0.319. The molecule has 2 aliphatic rings. The first-order chi connectivity index (χ1) is 9.56. The van der Waals surface area contributed by atoms with Crippen LogP contribution in [0.25, 0.3) is 0 Å². The van der Waals surface area contributed by atoms with E-state index in [1.807, 2.05) is 0 Å². The van der Waals surface area contributed by atoms with Crippen molar-refractivity contribution in [3.8, 4) is 0 Å². The molecule has 20 heavy (non-hydrogen) atoms. The zero-order valence-electron chi connectivity index (χ0n) is 11.0. The first-order valence-corrected chi connectivity index (χ1v) is 7.18. The van der Waals surface area contributed by atoms with E-state index in [1.54, 1.807) is 12.1 Å². The number of benzene rings is 1. The predicted octanol–water partition coefficient (Wildman–Crippen LogP) is 3.15. The van der Waals surface area contributed by atoms with E-state index in [0.29, 0.717) is 38.9 Å². The lowest BCUT2D eigenvalue weighted by molar-refractivity contribution is -0.185. The monoisotopic (exact) mass is 298 g/mol. The third-order valence-corrected chi connectivity index (χ3v) is 4.81. The fourth-order valence-electron chi connectivity index (χ4n) is 3.21. The van der Waals surface area contributed by atoms with Gasteiger partial charge < -0.3 is 9.47 Å². The van der Waals surface area contributed by atoms with Gasteiger partial charge in [0.05, 0.1) is 18.6 Å². The highest BCUT2D eigenvalue weighted by Crippen LogP contribution is 2.47. The molecule has 1 heterocycles. The fraction of sp³-hybridized carbons (Fsp3) is 0.533. The van der Waals surface area contributed by atoms with Crippen molar-refractivity contribution in [1.82, 2.24) is 0 Å². The lowest BCUT2D eigenvalue weighted by Gasteiger charge is -2.41. The Kier molecular flexibility index (Phi) is 3.56. The second-order valence-electron chi connectivity index (χ2n) is 5.47. The number of halogens is 2. The summed E-state index contributed by atoms with van der Waals surface area (Å²) in [5, 5.41) is -0.392. The Balaban J connectivity index is 1.87. The molecule has 1 aliphatic carbocycles. The summed E-state index contributed by atoms with van der Waals surface area (Å²) < 4.78 is 24.4. The van der Waals surface area contributed by atoms with Crippen LogP contribution in [0.15, 0.2) is 24.3 Å². The standard InChI is InChI=1S/C15H16ClFO3/c16-13(18)14(11-1-3-12(17)4-2-11)5-7-15(8-6-14)19-9-10-20-15/h1-4H,5-10H2. The van der Waals surface area contributed by atoms with Crippen molar-refractivity contribution in [2.45, 2.75) is 36.9 Å². The molecule has 0 atom stereocenters. The molecule has 1 aromatic rings. The molecule has 0 bridgehead atoms. The van der Waals surface area contributed by atoms with Crippen LogP contribution < -0.4 is 0 Å². The molecular weight excluding hydrogens is 283 g/mol. The average Bonchev–Trinajstić information content (AvgIpc) is 2.89. The van der Waals surface area contributed by atoms with Crippen molar-refractivity contribution >= 4 is 16.8 Å². The molecule has 108 valence electrons. The number of carbonyl (C=O) groups excluding carboxylic acids is 1. The number of hydrogen-bond acceptors (Lipinski definition) is 3. The molecule has 0 unspecified atom stereocenters. The van der Waals surface area contributed by atoms with Gasteiger partial charge in [0.2, 0.25) is 5.24 Å². The Morgan fingerprint density at radius 2 is 1.60 bits per heavy atom. The van der Waals surface area contributed by atoms with Crippen LogP contribution in [0.2, 0.25) is 0 Å². The zero-order valence-corrected chi connectivity index (χ0v) is 11.8. The van der Waals surface area contributed by atoms with Gasteiger partial charge in [0.25, 0.3) is 0 Å². The van der Waals surface area contributed by atoms with Gasteiger partial charge in [-0.1, -0.05) is 12.1 Å². The smallest absolute Gasteiger partial charge is 0.232 e. The van der Waals surface area contributed by atoms with Gasteiger partial charge in [-0.15, -0.1) is 0 Å². The maximum absolute atomic E-state index is 13.1. The summed E-state index contributed by atoms with van der Waals surface area (Å²) in [6.07, 6.45) is 2.37. The third-order valence-electron chi connectivity index (χ3n) is 4.45. The van der Waals surface area contributed by atoms with Crippen LogP contribution in [0.5, 0.6) is 0 Å². The maximum atomic E-state index is 13.1. The van der Waals surface area contributed by atoms with Crippen LogP contribution in [-0.4, -0.2) is 24.2 Å². The molecule has 0 aromatic heterocycles. The van der Waals surface area contributed by atoms with Crippen LogP contribution in [0.4, 0.5) is 4.39 Å². The van der Waals surface area contributed by atoms with Crippen molar-refractivity contribution in [2.75, 3.05) is 13.2 Å². The molecule has 1 aromatic carbocycles. The van der Waals surface area contributed by atoms with Gasteiger partial charge in [-0.2, -0.15) is 0 Å². The molecular formula is C15H16ClFO3. The van der Waals surface area contributed by atoms with Crippen LogP contribution >= 0.6 is 11.6 Å². The van der Waals surface area contributed by atoms with Gasteiger partial charge in [-0.3, -0.25) is 4.79 Å². The number of ether oxygens (including phenoxy) is 2. The van der Waals surface area contributed by atoms with Gasteiger partial charge in [0.15, 0.2) is 5.79 Å². The van der Waals surface area contributed by atoms with Crippen molar-refractivity contribution < 1.29 is 18.7 Å². The van der Waals surface area contributed by atoms with Gasteiger partial charge >= 0.3 is 0 Å².